The molecule has 158 valence electrons. The van der Waals surface area contributed by atoms with E-state index in [0.717, 1.165) is 51.4 Å². The fourth-order valence-electron chi connectivity index (χ4n) is 5.27. The lowest BCUT2D eigenvalue weighted by atomic mass is 9.62. The maximum atomic E-state index is 11.9. The van der Waals surface area contributed by atoms with Gasteiger partial charge in [0.15, 0.2) is 0 Å². The molecule has 0 aromatic rings. The van der Waals surface area contributed by atoms with Crippen LogP contribution in [0.4, 0.5) is 0 Å². The highest BCUT2D eigenvalue weighted by Gasteiger charge is 2.41. The van der Waals surface area contributed by atoms with E-state index in [9.17, 15) is 9.59 Å². The number of esters is 2. The lowest BCUT2D eigenvalue weighted by Crippen LogP contribution is -2.41. The van der Waals surface area contributed by atoms with Crippen LogP contribution in [0.3, 0.4) is 0 Å². The molecular weight excluding hydrogens is 352 g/mol. The molecule has 0 bridgehead atoms. The van der Waals surface area contributed by atoms with Gasteiger partial charge in [-0.2, -0.15) is 0 Å². The van der Waals surface area contributed by atoms with Gasteiger partial charge in [0.05, 0.1) is 0 Å². The topological polar surface area (TPSA) is 52.6 Å². The summed E-state index contributed by atoms with van der Waals surface area (Å²) < 4.78 is 11.3. The monoisotopic (exact) mass is 390 g/mol. The number of hydrogen-bond donors (Lipinski definition) is 0. The van der Waals surface area contributed by atoms with Gasteiger partial charge in [-0.15, -0.1) is 0 Å². The molecule has 2 rings (SSSR count). The molecule has 0 N–H and O–H groups in total. The minimum absolute atomic E-state index is 0.0262. The zero-order chi connectivity index (χ0) is 20.8. The van der Waals surface area contributed by atoms with Gasteiger partial charge in [-0.1, -0.05) is 39.8 Å². The predicted molar refractivity (Wildman–Crippen MR) is 112 cm³/mol. The van der Waals surface area contributed by atoms with Crippen LogP contribution < -0.4 is 0 Å². The highest BCUT2D eigenvalue weighted by atomic mass is 16.5. The lowest BCUT2D eigenvalue weighted by Gasteiger charge is -2.45. The first-order valence-corrected chi connectivity index (χ1v) is 11.0. The van der Waals surface area contributed by atoms with E-state index in [1.54, 1.807) is 13.8 Å². The number of rotatable bonds is 7. The van der Waals surface area contributed by atoms with Crippen LogP contribution in [0.2, 0.25) is 0 Å². The predicted octanol–water partition coefficient (Wildman–Crippen LogP) is 5.61. The number of ether oxygens (including phenoxy) is 2. The second-order valence-electron chi connectivity index (χ2n) is 8.91. The fraction of sp³-hybridized carbons (Fsp3) is 0.750. The SMILES string of the molecule is C=C(C)C(=O)OC1CCC(C2CCC(OC(=O)C(=C)C)CC2CC)C(CC)C1. The normalized spacial score (nSPS) is 33.0. The van der Waals surface area contributed by atoms with Crippen molar-refractivity contribution >= 4 is 11.9 Å². The second-order valence-corrected chi connectivity index (χ2v) is 8.91. The molecule has 0 aliphatic heterocycles. The molecule has 2 aliphatic rings. The molecule has 6 unspecified atom stereocenters. The third-order valence-electron chi connectivity index (χ3n) is 6.83. The summed E-state index contributed by atoms with van der Waals surface area (Å²) in [5.74, 6) is 2.00. The van der Waals surface area contributed by atoms with Crippen molar-refractivity contribution in [2.24, 2.45) is 23.7 Å². The molecule has 2 saturated carbocycles. The third-order valence-corrected chi connectivity index (χ3v) is 6.83. The maximum absolute atomic E-state index is 11.9. The molecule has 0 spiro atoms. The molecule has 4 heteroatoms. The van der Waals surface area contributed by atoms with Gasteiger partial charge in [0, 0.05) is 11.1 Å². The molecule has 0 heterocycles. The minimum atomic E-state index is -0.260. The van der Waals surface area contributed by atoms with Crippen molar-refractivity contribution in [2.75, 3.05) is 0 Å². The minimum Gasteiger partial charge on any atom is -0.459 e. The summed E-state index contributed by atoms with van der Waals surface area (Å²) in [5.41, 5.74) is 0.952. The van der Waals surface area contributed by atoms with E-state index >= 15 is 0 Å². The van der Waals surface area contributed by atoms with Crippen molar-refractivity contribution in [3.8, 4) is 0 Å². The zero-order valence-corrected chi connectivity index (χ0v) is 18.2. The van der Waals surface area contributed by atoms with Crippen LogP contribution in [-0.4, -0.2) is 24.1 Å². The molecule has 4 nitrogen and oxygen atoms in total. The summed E-state index contributed by atoms with van der Waals surface area (Å²) in [6.07, 6.45) is 8.33. The van der Waals surface area contributed by atoms with E-state index in [1.807, 2.05) is 0 Å². The molecule has 0 aromatic carbocycles. The Morgan fingerprint density at radius 2 is 1.11 bits per heavy atom. The highest BCUT2D eigenvalue weighted by Crippen LogP contribution is 2.47. The van der Waals surface area contributed by atoms with Crippen LogP contribution in [0.15, 0.2) is 24.3 Å². The van der Waals surface area contributed by atoms with Crippen molar-refractivity contribution in [1.82, 2.24) is 0 Å². The molecule has 2 aliphatic carbocycles. The summed E-state index contributed by atoms with van der Waals surface area (Å²) in [6, 6.07) is 0. The smallest absolute Gasteiger partial charge is 0.333 e. The summed E-state index contributed by atoms with van der Waals surface area (Å²) in [7, 11) is 0. The Morgan fingerprint density at radius 1 is 0.750 bits per heavy atom. The Hall–Kier alpha value is -1.58. The molecule has 0 radical (unpaired) electrons. The van der Waals surface area contributed by atoms with Crippen molar-refractivity contribution in [3.05, 3.63) is 24.3 Å². The van der Waals surface area contributed by atoms with Gasteiger partial charge in [0.2, 0.25) is 0 Å². The van der Waals surface area contributed by atoms with Gasteiger partial charge >= 0.3 is 11.9 Å². The highest BCUT2D eigenvalue weighted by molar-refractivity contribution is 5.87. The summed E-state index contributed by atoms with van der Waals surface area (Å²) >= 11 is 0. The molecule has 0 saturated heterocycles. The number of carbonyl (C=O) groups is 2. The van der Waals surface area contributed by atoms with Crippen LogP contribution in [0.25, 0.3) is 0 Å². The van der Waals surface area contributed by atoms with Crippen molar-refractivity contribution in [1.29, 1.82) is 0 Å². The van der Waals surface area contributed by atoms with Crippen molar-refractivity contribution in [3.63, 3.8) is 0 Å². The largest absolute Gasteiger partial charge is 0.459 e. The third kappa shape index (κ3) is 5.71. The Bertz CT molecular complexity index is 541. The van der Waals surface area contributed by atoms with Gasteiger partial charge < -0.3 is 9.47 Å². The summed E-state index contributed by atoms with van der Waals surface area (Å²) in [5, 5.41) is 0. The molecule has 28 heavy (non-hydrogen) atoms. The first-order valence-electron chi connectivity index (χ1n) is 11.0. The molecule has 0 aromatic heterocycles. The molecule has 0 amide bonds. The van der Waals surface area contributed by atoms with Gasteiger partial charge in [-0.25, -0.2) is 9.59 Å². The molecule has 2 fully saturated rings. The first-order chi connectivity index (χ1) is 13.3. The Balaban J connectivity index is 1.98. The van der Waals surface area contributed by atoms with E-state index in [1.165, 1.54) is 0 Å². The molecule has 6 atom stereocenters. The zero-order valence-electron chi connectivity index (χ0n) is 18.2. The van der Waals surface area contributed by atoms with E-state index in [4.69, 9.17) is 9.47 Å². The van der Waals surface area contributed by atoms with Crippen LogP contribution >= 0.6 is 0 Å². The van der Waals surface area contributed by atoms with E-state index < -0.39 is 0 Å². The molecular formula is C24H38O4. The van der Waals surface area contributed by atoms with Crippen molar-refractivity contribution < 1.29 is 19.1 Å². The lowest BCUT2D eigenvalue weighted by molar-refractivity contribution is -0.151. The fourth-order valence-corrected chi connectivity index (χ4v) is 5.27. The summed E-state index contributed by atoms with van der Waals surface area (Å²) in [4.78, 5) is 23.8. The van der Waals surface area contributed by atoms with Crippen LogP contribution in [-0.2, 0) is 19.1 Å². The van der Waals surface area contributed by atoms with Crippen LogP contribution in [0.1, 0.15) is 79.1 Å². The Kier molecular flexibility index (Phi) is 8.33. The van der Waals surface area contributed by atoms with E-state index in [0.29, 0.717) is 34.8 Å². The quantitative estimate of drug-likeness (QED) is 0.418. The van der Waals surface area contributed by atoms with Gasteiger partial charge in [-0.3, -0.25) is 0 Å². The Labute approximate surface area is 170 Å². The van der Waals surface area contributed by atoms with Gasteiger partial charge in [0.25, 0.3) is 0 Å². The van der Waals surface area contributed by atoms with Crippen LogP contribution in [0, 0.1) is 23.7 Å². The standard InChI is InChI=1S/C24H38O4/c1-7-17-13-19(27-23(25)15(3)4)9-11-21(17)22-12-10-20(14-18(22)8-2)28-24(26)16(5)6/h17-22H,3,5,7-14H2,1-2,4,6H3. The number of carbonyl (C=O) groups excluding carboxylic acids is 2. The first kappa shape index (κ1) is 22.7. The van der Waals surface area contributed by atoms with Gasteiger partial charge in [0.1, 0.15) is 12.2 Å². The number of hydrogen-bond acceptors (Lipinski definition) is 4. The average Bonchev–Trinajstić information content (AvgIpc) is 2.67. The second kappa shape index (κ2) is 10.3. The van der Waals surface area contributed by atoms with Crippen molar-refractivity contribution in [2.45, 2.75) is 91.3 Å². The van der Waals surface area contributed by atoms with E-state index in [-0.39, 0.29) is 24.1 Å². The Morgan fingerprint density at radius 3 is 1.39 bits per heavy atom. The maximum Gasteiger partial charge on any atom is 0.333 e. The summed E-state index contributed by atoms with van der Waals surface area (Å²) in [6.45, 7) is 15.3. The van der Waals surface area contributed by atoms with E-state index in [2.05, 4.69) is 27.0 Å². The van der Waals surface area contributed by atoms with Gasteiger partial charge in [-0.05, 0) is 76.0 Å². The average molecular weight is 391 g/mol. The van der Waals surface area contributed by atoms with Crippen LogP contribution in [0.5, 0.6) is 0 Å².